The summed E-state index contributed by atoms with van der Waals surface area (Å²) in [5.74, 6) is 0.431. The zero-order chi connectivity index (χ0) is 20.8. The SMILES string of the molecule is Cl.NCCCN(Cc1ccccc1OCc1ccccc1F)c1nc2ccccc2o1. The molecule has 0 fully saturated rings. The van der Waals surface area contributed by atoms with Crippen molar-refractivity contribution in [1.82, 2.24) is 4.98 Å². The van der Waals surface area contributed by atoms with Crippen LogP contribution >= 0.6 is 12.4 Å². The van der Waals surface area contributed by atoms with Crippen molar-refractivity contribution in [3.63, 3.8) is 0 Å². The molecule has 0 aliphatic rings. The average Bonchev–Trinajstić information content (AvgIpc) is 3.21. The van der Waals surface area contributed by atoms with Crippen LogP contribution in [0.5, 0.6) is 5.75 Å². The van der Waals surface area contributed by atoms with Crippen LogP contribution in [0.2, 0.25) is 0 Å². The van der Waals surface area contributed by atoms with Crippen LogP contribution in [-0.4, -0.2) is 18.1 Å². The Bertz CT molecular complexity index is 1090. The molecule has 5 nitrogen and oxygen atoms in total. The van der Waals surface area contributed by atoms with Gasteiger partial charge in [0.1, 0.15) is 23.7 Å². The third-order valence-electron chi connectivity index (χ3n) is 4.86. The summed E-state index contributed by atoms with van der Waals surface area (Å²) in [7, 11) is 0. The summed E-state index contributed by atoms with van der Waals surface area (Å²) in [6, 6.07) is 22.6. The third kappa shape index (κ3) is 5.54. The summed E-state index contributed by atoms with van der Waals surface area (Å²) in [4.78, 5) is 6.68. The largest absolute Gasteiger partial charge is 0.488 e. The molecular weight excluding hydrogens is 417 g/mol. The number of nitrogens with two attached hydrogens (primary N) is 1. The highest BCUT2D eigenvalue weighted by molar-refractivity contribution is 5.85. The summed E-state index contributed by atoms with van der Waals surface area (Å²) in [6.45, 7) is 1.97. The van der Waals surface area contributed by atoms with Gasteiger partial charge in [-0.3, -0.25) is 0 Å². The zero-order valence-electron chi connectivity index (χ0n) is 17.0. The molecule has 0 amide bonds. The Morgan fingerprint density at radius 1 is 0.935 bits per heavy atom. The van der Waals surface area contributed by atoms with E-state index in [0.717, 1.165) is 23.1 Å². The van der Waals surface area contributed by atoms with Crippen LogP contribution in [0.25, 0.3) is 11.1 Å². The predicted octanol–water partition coefficient (Wildman–Crippen LogP) is 5.32. The average molecular weight is 442 g/mol. The number of hydrogen-bond donors (Lipinski definition) is 1. The number of anilines is 1. The van der Waals surface area contributed by atoms with Crippen LogP contribution in [0.3, 0.4) is 0 Å². The van der Waals surface area contributed by atoms with Gasteiger partial charge in [0.25, 0.3) is 6.01 Å². The van der Waals surface area contributed by atoms with E-state index in [1.165, 1.54) is 6.07 Å². The number of ether oxygens (including phenoxy) is 1. The fraction of sp³-hybridized carbons (Fsp3) is 0.208. The first-order valence-electron chi connectivity index (χ1n) is 9.99. The molecule has 0 saturated carbocycles. The molecule has 162 valence electrons. The van der Waals surface area contributed by atoms with E-state index in [4.69, 9.17) is 14.9 Å². The Labute approximate surface area is 187 Å². The van der Waals surface area contributed by atoms with Gasteiger partial charge in [-0.1, -0.05) is 48.5 Å². The topological polar surface area (TPSA) is 64.5 Å². The number of oxazole rings is 1. The molecule has 4 rings (SSSR count). The summed E-state index contributed by atoms with van der Waals surface area (Å²) in [6.07, 6.45) is 0.803. The molecule has 3 aromatic carbocycles. The minimum atomic E-state index is -0.272. The minimum absolute atomic E-state index is 0. The summed E-state index contributed by atoms with van der Waals surface area (Å²) in [5, 5.41) is 0. The molecule has 0 aliphatic heterocycles. The second-order valence-electron chi connectivity index (χ2n) is 7.02. The molecule has 0 aliphatic carbocycles. The van der Waals surface area contributed by atoms with E-state index >= 15 is 0 Å². The van der Waals surface area contributed by atoms with E-state index in [-0.39, 0.29) is 24.8 Å². The maximum atomic E-state index is 13.9. The first kappa shape index (κ1) is 22.6. The van der Waals surface area contributed by atoms with Gasteiger partial charge in [0.05, 0.1) is 6.54 Å². The number of halogens is 2. The van der Waals surface area contributed by atoms with Crippen molar-refractivity contribution in [2.24, 2.45) is 5.73 Å². The van der Waals surface area contributed by atoms with Crippen molar-refractivity contribution in [2.45, 2.75) is 19.6 Å². The molecule has 0 spiro atoms. The fourth-order valence-electron chi connectivity index (χ4n) is 3.27. The number of rotatable bonds is 9. The second kappa shape index (κ2) is 10.8. The lowest BCUT2D eigenvalue weighted by atomic mass is 10.1. The number of hydrogen-bond acceptors (Lipinski definition) is 5. The van der Waals surface area contributed by atoms with Crippen molar-refractivity contribution >= 4 is 29.5 Å². The van der Waals surface area contributed by atoms with Gasteiger partial charge in [0, 0.05) is 17.7 Å². The van der Waals surface area contributed by atoms with Gasteiger partial charge in [-0.15, -0.1) is 12.4 Å². The van der Waals surface area contributed by atoms with Crippen LogP contribution in [0.1, 0.15) is 17.5 Å². The van der Waals surface area contributed by atoms with Crippen molar-refractivity contribution in [1.29, 1.82) is 0 Å². The molecule has 1 heterocycles. The molecule has 0 atom stereocenters. The number of benzene rings is 3. The summed E-state index contributed by atoms with van der Waals surface area (Å²) < 4.78 is 25.9. The number of aromatic nitrogens is 1. The Morgan fingerprint density at radius 3 is 2.42 bits per heavy atom. The van der Waals surface area contributed by atoms with Gasteiger partial charge in [0.15, 0.2) is 5.58 Å². The molecule has 0 radical (unpaired) electrons. The van der Waals surface area contributed by atoms with E-state index < -0.39 is 0 Å². The van der Waals surface area contributed by atoms with Gasteiger partial charge in [-0.25, -0.2) is 4.39 Å². The van der Waals surface area contributed by atoms with Gasteiger partial charge in [-0.05, 0) is 37.2 Å². The number of para-hydroxylation sites is 3. The van der Waals surface area contributed by atoms with Gasteiger partial charge >= 0.3 is 0 Å². The molecule has 2 N–H and O–H groups in total. The normalized spacial score (nSPS) is 10.6. The molecule has 1 aromatic heterocycles. The quantitative estimate of drug-likeness (QED) is 0.380. The highest BCUT2D eigenvalue weighted by atomic mass is 35.5. The molecule has 7 heteroatoms. The van der Waals surface area contributed by atoms with Crippen molar-refractivity contribution in [3.8, 4) is 5.75 Å². The number of nitrogens with zero attached hydrogens (tertiary/aromatic N) is 2. The first-order chi connectivity index (χ1) is 14.7. The molecule has 31 heavy (non-hydrogen) atoms. The lowest BCUT2D eigenvalue weighted by Gasteiger charge is -2.22. The Morgan fingerprint density at radius 2 is 1.65 bits per heavy atom. The molecule has 0 saturated heterocycles. The third-order valence-corrected chi connectivity index (χ3v) is 4.86. The van der Waals surface area contributed by atoms with E-state index in [2.05, 4.69) is 9.88 Å². The van der Waals surface area contributed by atoms with Crippen LogP contribution in [-0.2, 0) is 13.2 Å². The Kier molecular flexibility index (Phi) is 7.87. The maximum absolute atomic E-state index is 13.9. The maximum Gasteiger partial charge on any atom is 0.298 e. The van der Waals surface area contributed by atoms with Crippen molar-refractivity contribution < 1.29 is 13.5 Å². The molecule has 4 aromatic rings. The zero-order valence-corrected chi connectivity index (χ0v) is 17.9. The summed E-state index contributed by atoms with van der Waals surface area (Å²) in [5.41, 5.74) is 8.79. The van der Waals surface area contributed by atoms with Crippen molar-refractivity contribution in [3.05, 3.63) is 89.7 Å². The lowest BCUT2D eigenvalue weighted by Crippen LogP contribution is -2.26. The monoisotopic (exact) mass is 441 g/mol. The van der Waals surface area contributed by atoms with Crippen LogP contribution in [0.4, 0.5) is 10.4 Å². The smallest absolute Gasteiger partial charge is 0.298 e. The van der Waals surface area contributed by atoms with Crippen LogP contribution in [0, 0.1) is 5.82 Å². The van der Waals surface area contributed by atoms with Crippen LogP contribution < -0.4 is 15.4 Å². The number of fused-ring (bicyclic) bond motifs is 1. The van der Waals surface area contributed by atoms with Gasteiger partial charge in [0.2, 0.25) is 0 Å². The van der Waals surface area contributed by atoms with E-state index in [9.17, 15) is 4.39 Å². The van der Waals surface area contributed by atoms with Crippen molar-refractivity contribution in [2.75, 3.05) is 18.0 Å². The highest BCUT2D eigenvalue weighted by Crippen LogP contribution is 2.27. The standard InChI is InChI=1S/C24H24FN3O2.ClH/c25-20-10-3-1-9-19(20)17-29-22-12-5-2-8-18(22)16-28(15-7-14-26)24-27-21-11-4-6-13-23(21)30-24;/h1-6,8-13H,7,14-17,26H2;1H. The predicted molar refractivity (Wildman–Crippen MR) is 123 cm³/mol. The second-order valence-corrected chi connectivity index (χ2v) is 7.02. The van der Waals surface area contributed by atoms with Crippen LogP contribution in [0.15, 0.2) is 77.2 Å². The summed E-state index contributed by atoms with van der Waals surface area (Å²) >= 11 is 0. The van der Waals surface area contributed by atoms with E-state index in [0.29, 0.717) is 37.0 Å². The minimum Gasteiger partial charge on any atom is -0.488 e. The van der Waals surface area contributed by atoms with E-state index in [1.54, 1.807) is 18.2 Å². The Hall–Kier alpha value is -3.09. The molecule has 0 unspecified atom stereocenters. The fourth-order valence-corrected chi connectivity index (χ4v) is 3.27. The lowest BCUT2D eigenvalue weighted by molar-refractivity contribution is 0.296. The Balaban J connectivity index is 0.00000272. The molecular formula is C24H25ClFN3O2. The van der Waals surface area contributed by atoms with Gasteiger partial charge in [-0.2, -0.15) is 4.98 Å². The highest BCUT2D eigenvalue weighted by Gasteiger charge is 2.16. The molecule has 0 bridgehead atoms. The van der Waals surface area contributed by atoms with Gasteiger partial charge < -0.3 is 19.8 Å². The van der Waals surface area contributed by atoms with E-state index in [1.807, 2.05) is 48.5 Å². The first-order valence-corrected chi connectivity index (χ1v) is 9.99.